The zero-order valence-electron chi connectivity index (χ0n) is 12.0. The molecule has 0 aromatic carbocycles. The standard InChI is InChI=1S/C15H33N/c1-5-6-7-8-9-12-15(4)16-13-10-11-14(2)3/h14-16H,5-13H2,1-4H3. The summed E-state index contributed by atoms with van der Waals surface area (Å²) >= 11 is 0. The van der Waals surface area contributed by atoms with Crippen molar-refractivity contribution in [1.82, 2.24) is 5.32 Å². The second kappa shape index (κ2) is 11.4. The first kappa shape index (κ1) is 16.0. The van der Waals surface area contributed by atoms with E-state index in [0.29, 0.717) is 6.04 Å². The van der Waals surface area contributed by atoms with Gasteiger partial charge in [-0.1, -0.05) is 52.9 Å². The molecule has 0 aliphatic heterocycles. The highest BCUT2D eigenvalue weighted by Crippen LogP contribution is 2.07. The summed E-state index contributed by atoms with van der Waals surface area (Å²) in [5.41, 5.74) is 0. The molecular weight excluding hydrogens is 194 g/mol. The quantitative estimate of drug-likeness (QED) is 0.502. The molecule has 0 heterocycles. The number of rotatable bonds is 11. The van der Waals surface area contributed by atoms with E-state index in [0.717, 1.165) is 5.92 Å². The second-order valence-electron chi connectivity index (χ2n) is 5.59. The first-order chi connectivity index (χ1) is 7.66. The summed E-state index contributed by atoms with van der Waals surface area (Å²) in [5.74, 6) is 0.853. The van der Waals surface area contributed by atoms with Crippen LogP contribution < -0.4 is 5.32 Å². The molecule has 0 rings (SSSR count). The van der Waals surface area contributed by atoms with Crippen LogP contribution in [0.1, 0.15) is 79.1 Å². The van der Waals surface area contributed by atoms with Gasteiger partial charge < -0.3 is 5.32 Å². The monoisotopic (exact) mass is 227 g/mol. The lowest BCUT2D eigenvalue weighted by Crippen LogP contribution is -2.27. The number of hydrogen-bond acceptors (Lipinski definition) is 1. The average molecular weight is 227 g/mol. The van der Waals surface area contributed by atoms with Crippen molar-refractivity contribution in [3.8, 4) is 0 Å². The third-order valence-electron chi connectivity index (χ3n) is 3.19. The molecule has 0 saturated heterocycles. The van der Waals surface area contributed by atoms with Gasteiger partial charge in [-0.2, -0.15) is 0 Å². The lowest BCUT2D eigenvalue weighted by atomic mass is 10.1. The molecule has 1 N–H and O–H groups in total. The minimum Gasteiger partial charge on any atom is -0.314 e. The Morgan fingerprint density at radius 2 is 1.50 bits per heavy atom. The molecule has 0 amide bonds. The highest BCUT2D eigenvalue weighted by molar-refractivity contribution is 4.61. The summed E-state index contributed by atoms with van der Waals surface area (Å²) in [6.07, 6.45) is 11.1. The van der Waals surface area contributed by atoms with Crippen LogP contribution in [0.25, 0.3) is 0 Å². The smallest absolute Gasteiger partial charge is 0.00387 e. The van der Waals surface area contributed by atoms with E-state index in [2.05, 4.69) is 33.0 Å². The first-order valence-corrected chi connectivity index (χ1v) is 7.40. The van der Waals surface area contributed by atoms with E-state index in [1.807, 2.05) is 0 Å². The molecule has 0 spiro atoms. The van der Waals surface area contributed by atoms with Crippen molar-refractivity contribution in [1.29, 1.82) is 0 Å². The molecule has 0 bridgehead atoms. The Hall–Kier alpha value is -0.0400. The summed E-state index contributed by atoms with van der Waals surface area (Å²) in [5, 5.41) is 3.63. The summed E-state index contributed by atoms with van der Waals surface area (Å²) in [6.45, 7) is 10.4. The zero-order chi connectivity index (χ0) is 12.2. The SMILES string of the molecule is CCCCCCCC(C)NCCCC(C)C. The Morgan fingerprint density at radius 1 is 0.812 bits per heavy atom. The van der Waals surface area contributed by atoms with Crippen LogP contribution in [0.5, 0.6) is 0 Å². The summed E-state index contributed by atoms with van der Waals surface area (Å²) < 4.78 is 0. The fourth-order valence-corrected chi connectivity index (χ4v) is 2.01. The van der Waals surface area contributed by atoms with E-state index < -0.39 is 0 Å². The second-order valence-corrected chi connectivity index (χ2v) is 5.59. The third-order valence-corrected chi connectivity index (χ3v) is 3.19. The van der Waals surface area contributed by atoms with Crippen LogP contribution >= 0.6 is 0 Å². The number of hydrogen-bond donors (Lipinski definition) is 1. The van der Waals surface area contributed by atoms with Crippen LogP contribution in [0.2, 0.25) is 0 Å². The molecule has 0 radical (unpaired) electrons. The minimum atomic E-state index is 0.716. The minimum absolute atomic E-state index is 0.716. The predicted octanol–water partition coefficient (Wildman–Crippen LogP) is 4.76. The fraction of sp³-hybridized carbons (Fsp3) is 1.00. The van der Waals surface area contributed by atoms with Crippen LogP contribution in [0.3, 0.4) is 0 Å². The molecule has 98 valence electrons. The summed E-state index contributed by atoms with van der Waals surface area (Å²) in [7, 11) is 0. The van der Waals surface area contributed by atoms with Crippen molar-refractivity contribution in [2.45, 2.75) is 85.1 Å². The van der Waals surface area contributed by atoms with Crippen molar-refractivity contribution in [3.63, 3.8) is 0 Å². The Morgan fingerprint density at radius 3 is 2.12 bits per heavy atom. The van der Waals surface area contributed by atoms with Gasteiger partial charge in [0.25, 0.3) is 0 Å². The molecule has 16 heavy (non-hydrogen) atoms. The Kier molecular flexibility index (Phi) is 11.4. The Bertz CT molecular complexity index is 131. The van der Waals surface area contributed by atoms with Gasteiger partial charge in [0.1, 0.15) is 0 Å². The van der Waals surface area contributed by atoms with Gasteiger partial charge in [-0.05, 0) is 38.6 Å². The molecule has 1 nitrogen and oxygen atoms in total. The van der Waals surface area contributed by atoms with E-state index in [4.69, 9.17) is 0 Å². The molecule has 0 fully saturated rings. The van der Waals surface area contributed by atoms with Crippen LogP contribution in [0.4, 0.5) is 0 Å². The fourth-order valence-electron chi connectivity index (χ4n) is 2.01. The highest BCUT2D eigenvalue weighted by Gasteiger charge is 2.01. The topological polar surface area (TPSA) is 12.0 Å². The van der Waals surface area contributed by atoms with E-state index in [1.165, 1.54) is 57.9 Å². The Labute approximate surface area is 103 Å². The van der Waals surface area contributed by atoms with Gasteiger partial charge in [-0.3, -0.25) is 0 Å². The molecule has 0 aromatic rings. The van der Waals surface area contributed by atoms with Crippen LogP contribution in [0.15, 0.2) is 0 Å². The largest absolute Gasteiger partial charge is 0.314 e. The molecule has 1 unspecified atom stereocenters. The molecule has 0 saturated carbocycles. The lowest BCUT2D eigenvalue weighted by Gasteiger charge is -2.14. The molecule has 0 aliphatic rings. The molecule has 1 atom stereocenters. The van der Waals surface area contributed by atoms with Crippen molar-refractivity contribution < 1.29 is 0 Å². The van der Waals surface area contributed by atoms with Crippen molar-refractivity contribution in [2.75, 3.05) is 6.54 Å². The zero-order valence-corrected chi connectivity index (χ0v) is 12.0. The maximum atomic E-state index is 3.63. The van der Waals surface area contributed by atoms with Gasteiger partial charge in [0.15, 0.2) is 0 Å². The lowest BCUT2D eigenvalue weighted by molar-refractivity contribution is 0.455. The van der Waals surface area contributed by atoms with Gasteiger partial charge in [0, 0.05) is 6.04 Å². The van der Waals surface area contributed by atoms with E-state index in [9.17, 15) is 0 Å². The molecular formula is C15H33N. The van der Waals surface area contributed by atoms with Gasteiger partial charge in [-0.15, -0.1) is 0 Å². The van der Waals surface area contributed by atoms with Crippen molar-refractivity contribution in [3.05, 3.63) is 0 Å². The highest BCUT2D eigenvalue weighted by atomic mass is 14.9. The van der Waals surface area contributed by atoms with Crippen LogP contribution in [0, 0.1) is 5.92 Å². The maximum Gasteiger partial charge on any atom is 0.00387 e. The van der Waals surface area contributed by atoms with Gasteiger partial charge in [0.2, 0.25) is 0 Å². The number of unbranched alkanes of at least 4 members (excludes halogenated alkanes) is 4. The van der Waals surface area contributed by atoms with Crippen molar-refractivity contribution in [2.24, 2.45) is 5.92 Å². The van der Waals surface area contributed by atoms with Gasteiger partial charge >= 0.3 is 0 Å². The van der Waals surface area contributed by atoms with Gasteiger partial charge in [-0.25, -0.2) is 0 Å². The first-order valence-electron chi connectivity index (χ1n) is 7.40. The molecule has 1 heteroatoms. The Balaban J connectivity index is 3.15. The molecule has 0 aromatic heterocycles. The maximum absolute atomic E-state index is 3.63. The predicted molar refractivity (Wildman–Crippen MR) is 74.9 cm³/mol. The van der Waals surface area contributed by atoms with E-state index in [-0.39, 0.29) is 0 Å². The normalized spacial score (nSPS) is 13.3. The molecule has 0 aliphatic carbocycles. The van der Waals surface area contributed by atoms with E-state index in [1.54, 1.807) is 0 Å². The third kappa shape index (κ3) is 12.0. The average Bonchev–Trinajstić information content (AvgIpc) is 2.24. The number of nitrogens with one attached hydrogen (secondary N) is 1. The van der Waals surface area contributed by atoms with E-state index >= 15 is 0 Å². The van der Waals surface area contributed by atoms with Gasteiger partial charge in [0.05, 0.1) is 0 Å². The van der Waals surface area contributed by atoms with Crippen LogP contribution in [-0.4, -0.2) is 12.6 Å². The summed E-state index contributed by atoms with van der Waals surface area (Å²) in [4.78, 5) is 0. The van der Waals surface area contributed by atoms with Crippen LogP contribution in [-0.2, 0) is 0 Å². The van der Waals surface area contributed by atoms with Crippen molar-refractivity contribution >= 4 is 0 Å². The summed E-state index contributed by atoms with van der Waals surface area (Å²) in [6, 6.07) is 0.716.